The van der Waals surface area contributed by atoms with Crippen molar-refractivity contribution in [2.24, 2.45) is 7.05 Å². The standard InChI is InChI=1S/C18H21N5O/c1-12-7-8-19-10-14(12)21-17-9-15-16(11-20-17)22(2)18(24)23(15)13-5-3-4-6-13/h7-11,13H,3-6H2,1-2H3,(H,20,21). The van der Waals surface area contributed by atoms with Gasteiger partial charge in [-0.2, -0.15) is 0 Å². The molecule has 0 aliphatic heterocycles. The molecule has 3 heterocycles. The summed E-state index contributed by atoms with van der Waals surface area (Å²) < 4.78 is 3.64. The molecule has 0 bridgehead atoms. The van der Waals surface area contributed by atoms with Crippen LogP contribution in [0.15, 0.2) is 35.5 Å². The van der Waals surface area contributed by atoms with E-state index in [0.29, 0.717) is 6.04 Å². The molecule has 4 rings (SSSR count). The SMILES string of the molecule is Cc1ccncc1Nc1cc2c(cn1)n(C)c(=O)n2C1CCCC1. The van der Waals surface area contributed by atoms with E-state index in [9.17, 15) is 4.79 Å². The van der Waals surface area contributed by atoms with Crippen LogP contribution >= 0.6 is 0 Å². The monoisotopic (exact) mass is 323 g/mol. The Bertz CT molecular complexity index is 950. The van der Waals surface area contributed by atoms with E-state index < -0.39 is 0 Å². The third kappa shape index (κ3) is 2.38. The zero-order chi connectivity index (χ0) is 16.7. The van der Waals surface area contributed by atoms with Crippen LogP contribution in [0.4, 0.5) is 11.5 Å². The molecule has 1 aliphatic carbocycles. The first kappa shape index (κ1) is 14.9. The number of anilines is 2. The second-order valence-corrected chi connectivity index (χ2v) is 6.52. The van der Waals surface area contributed by atoms with Crippen molar-refractivity contribution in [2.75, 3.05) is 5.32 Å². The van der Waals surface area contributed by atoms with Gasteiger partial charge in [-0.05, 0) is 31.4 Å². The molecule has 3 aromatic rings. The zero-order valence-corrected chi connectivity index (χ0v) is 14.0. The van der Waals surface area contributed by atoms with Gasteiger partial charge in [-0.3, -0.25) is 14.1 Å². The smallest absolute Gasteiger partial charge is 0.329 e. The van der Waals surface area contributed by atoms with Gasteiger partial charge < -0.3 is 5.32 Å². The van der Waals surface area contributed by atoms with E-state index in [1.54, 1.807) is 23.2 Å². The molecule has 1 aliphatic rings. The Labute approximate surface area is 140 Å². The van der Waals surface area contributed by atoms with Crippen molar-refractivity contribution in [1.29, 1.82) is 0 Å². The number of nitrogens with one attached hydrogen (secondary N) is 1. The lowest BCUT2D eigenvalue weighted by molar-refractivity contribution is 0.509. The normalized spacial score (nSPS) is 15.2. The van der Waals surface area contributed by atoms with E-state index in [2.05, 4.69) is 15.3 Å². The third-order valence-corrected chi connectivity index (χ3v) is 4.97. The molecule has 124 valence electrons. The van der Waals surface area contributed by atoms with Gasteiger partial charge in [0.1, 0.15) is 5.82 Å². The minimum absolute atomic E-state index is 0.0495. The van der Waals surface area contributed by atoms with Gasteiger partial charge in [0.2, 0.25) is 0 Å². The largest absolute Gasteiger partial charge is 0.339 e. The Hall–Kier alpha value is -2.63. The van der Waals surface area contributed by atoms with Gasteiger partial charge >= 0.3 is 5.69 Å². The van der Waals surface area contributed by atoms with E-state index in [1.165, 1.54) is 12.8 Å². The van der Waals surface area contributed by atoms with Crippen molar-refractivity contribution in [3.63, 3.8) is 0 Å². The average molecular weight is 323 g/mol. The van der Waals surface area contributed by atoms with Gasteiger partial charge in [-0.15, -0.1) is 0 Å². The van der Waals surface area contributed by atoms with Crippen molar-refractivity contribution >= 4 is 22.5 Å². The number of nitrogens with zero attached hydrogens (tertiary/aromatic N) is 4. The minimum Gasteiger partial charge on any atom is -0.339 e. The number of imidazole rings is 1. The number of pyridine rings is 2. The summed E-state index contributed by atoms with van der Waals surface area (Å²) in [5, 5.41) is 3.31. The highest BCUT2D eigenvalue weighted by Crippen LogP contribution is 2.31. The van der Waals surface area contributed by atoms with Crippen molar-refractivity contribution in [1.82, 2.24) is 19.1 Å². The Morgan fingerprint density at radius 2 is 2.00 bits per heavy atom. The highest BCUT2D eigenvalue weighted by atomic mass is 16.1. The lowest BCUT2D eigenvalue weighted by atomic mass is 10.2. The molecular weight excluding hydrogens is 302 g/mol. The van der Waals surface area contributed by atoms with Crippen LogP contribution in [-0.4, -0.2) is 19.1 Å². The van der Waals surface area contributed by atoms with Gasteiger partial charge in [-0.25, -0.2) is 9.78 Å². The van der Waals surface area contributed by atoms with Crippen LogP contribution in [0.25, 0.3) is 11.0 Å². The van der Waals surface area contributed by atoms with Crippen LogP contribution in [-0.2, 0) is 7.05 Å². The number of hydrogen-bond acceptors (Lipinski definition) is 4. The van der Waals surface area contributed by atoms with Crippen LogP contribution in [0, 0.1) is 6.92 Å². The number of aromatic nitrogens is 4. The molecule has 1 fully saturated rings. The van der Waals surface area contributed by atoms with Gasteiger partial charge in [0, 0.05) is 25.4 Å². The quantitative estimate of drug-likeness (QED) is 0.803. The second kappa shape index (κ2) is 5.78. The highest BCUT2D eigenvalue weighted by molar-refractivity contribution is 5.79. The fraction of sp³-hybridized carbons (Fsp3) is 0.389. The highest BCUT2D eigenvalue weighted by Gasteiger charge is 2.23. The van der Waals surface area contributed by atoms with Crippen LogP contribution in [0.3, 0.4) is 0 Å². The summed E-state index contributed by atoms with van der Waals surface area (Å²) in [6.45, 7) is 2.03. The first-order valence-electron chi connectivity index (χ1n) is 8.40. The van der Waals surface area contributed by atoms with Gasteiger partial charge in [0.05, 0.1) is 29.1 Å². The Balaban J connectivity index is 1.81. The summed E-state index contributed by atoms with van der Waals surface area (Å²) in [7, 11) is 1.82. The van der Waals surface area contributed by atoms with Gasteiger partial charge in [-0.1, -0.05) is 12.8 Å². The first-order chi connectivity index (χ1) is 11.6. The molecule has 3 aromatic heterocycles. The molecule has 24 heavy (non-hydrogen) atoms. The lowest BCUT2D eigenvalue weighted by Crippen LogP contribution is -2.24. The Morgan fingerprint density at radius 3 is 2.75 bits per heavy atom. The molecule has 0 amide bonds. The molecular formula is C18H21N5O. The molecule has 0 atom stereocenters. The van der Waals surface area contributed by atoms with Crippen LogP contribution in [0.2, 0.25) is 0 Å². The maximum absolute atomic E-state index is 12.7. The summed E-state index contributed by atoms with van der Waals surface area (Å²) in [5.74, 6) is 0.732. The maximum Gasteiger partial charge on any atom is 0.329 e. The number of fused-ring (bicyclic) bond motifs is 1. The molecule has 1 saturated carbocycles. The number of aryl methyl sites for hydroxylation is 2. The Morgan fingerprint density at radius 1 is 1.21 bits per heavy atom. The predicted molar refractivity (Wildman–Crippen MR) is 94.7 cm³/mol. The Kier molecular flexibility index (Phi) is 3.59. The third-order valence-electron chi connectivity index (χ3n) is 4.97. The maximum atomic E-state index is 12.7. The summed E-state index contributed by atoms with van der Waals surface area (Å²) in [4.78, 5) is 21.3. The van der Waals surface area contributed by atoms with E-state index in [4.69, 9.17) is 0 Å². The number of hydrogen-bond donors (Lipinski definition) is 1. The number of rotatable bonds is 3. The molecule has 6 heteroatoms. The molecule has 0 saturated heterocycles. The average Bonchev–Trinajstić information content (AvgIpc) is 3.18. The molecule has 6 nitrogen and oxygen atoms in total. The molecule has 0 spiro atoms. The van der Waals surface area contributed by atoms with Gasteiger partial charge in [0.15, 0.2) is 0 Å². The predicted octanol–water partition coefficient (Wildman–Crippen LogP) is 3.30. The summed E-state index contributed by atoms with van der Waals surface area (Å²) in [6, 6.07) is 4.23. The van der Waals surface area contributed by atoms with Crippen LogP contribution in [0.1, 0.15) is 37.3 Å². The molecule has 0 radical (unpaired) electrons. The topological polar surface area (TPSA) is 64.7 Å². The van der Waals surface area contributed by atoms with E-state index in [1.807, 2.05) is 30.7 Å². The molecule has 1 N–H and O–H groups in total. The summed E-state index contributed by atoms with van der Waals surface area (Å²) in [5.41, 5.74) is 3.91. The molecule has 0 unspecified atom stereocenters. The summed E-state index contributed by atoms with van der Waals surface area (Å²) in [6.07, 6.45) is 9.87. The minimum atomic E-state index is 0.0495. The van der Waals surface area contributed by atoms with E-state index in [0.717, 1.165) is 40.9 Å². The fourth-order valence-corrected chi connectivity index (χ4v) is 3.57. The fourth-order valence-electron chi connectivity index (χ4n) is 3.57. The lowest BCUT2D eigenvalue weighted by Gasteiger charge is -2.12. The van der Waals surface area contributed by atoms with Crippen molar-refractivity contribution in [2.45, 2.75) is 38.6 Å². The van der Waals surface area contributed by atoms with Crippen LogP contribution in [0.5, 0.6) is 0 Å². The van der Waals surface area contributed by atoms with Crippen molar-refractivity contribution < 1.29 is 0 Å². The zero-order valence-electron chi connectivity index (χ0n) is 14.0. The van der Waals surface area contributed by atoms with Gasteiger partial charge in [0.25, 0.3) is 0 Å². The molecule has 0 aromatic carbocycles. The van der Waals surface area contributed by atoms with E-state index >= 15 is 0 Å². The first-order valence-corrected chi connectivity index (χ1v) is 8.40. The second-order valence-electron chi connectivity index (χ2n) is 6.52. The van der Waals surface area contributed by atoms with Crippen molar-refractivity contribution in [3.8, 4) is 0 Å². The van der Waals surface area contributed by atoms with Crippen LogP contribution < -0.4 is 11.0 Å². The van der Waals surface area contributed by atoms with E-state index in [-0.39, 0.29) is 5.69 Å². The summed E-state index contributed by atoms with van der Waals surface area (Å²) >= 11 is 0. The van der Waals surface area contributed by atoms with Crippen molar-refractivity contribution in [3.05, 3.63) is 46.8 Å².